The molecule has 0 aliphatic heterocycles. The number of nitrogens with one attached hydrogen (secondary N) is 2. The van der Waals surface area contributed by atoms with Crippen LogP contribution in [0.1, 0.15) is 49.5 Å². The van der Waals surface area contributed by atoms with Crippen LogP contribution in [0.5, 0.6) is 0 Å². The predicted molar refractivity (Wildman–Crippen MR) is 106 cm³/mol. The van der Waals surface area contributed by atoms with Crippen molar-refractivity contribution < 1.29 is 19.1 Å². The Morgan fingerprint density at radius 2 is 1.90 bits per heavy atom. The fraction of sp³-hybridized carbons (Fsp3) is 0.450. The molecule has 9 heteroatoms. The highest BCUT2D eigenvalue weighted by atomic mass is 16.5. The number of nitrogens with zero attached hydrogens (tertiary/aromatic N) is 2. The van der Waals surface area contributed by atoms with Crippen molar-refractivity contribution in [1.82, 2.24) is 20.4 Å². The van der Waals surface area contributed by atoms with Gasteiger partial charge in [-0.05, 0) is 25.3 Å². The zero-order chi connectivity index (χ0) is 20.8. The first kappa shape index (κ1) is 20.5. The summed E-state index contributed by atoms with van der Waals surface area (Å²) in [4.78, 5) is 48.6. The van der Waals surface area contributed by atoms with Crippen LogP contribution in [0.4, 0.5) is 4.79 Å². The highest BCUT2D eigenvalue weighted by molar-refractivity contribution is 6.03. The first-order chi connectivity index (χ1) is 14.0. The fourth-order valence-corrected chi connectivity index (χ4v) is 2.86. The second-order valence-corrected chi connectivity index (χ2v) is 7.00. The van der Waals surface area contributed by atoms with Gasteiger partial charge < -0.3 is 10.1 Å². The Bertz CT molecular complexity index is 980. The van der Waals surface area contributed by atoms with Gasteiger partial charge in [0.1, 0.15) is 0 Å². The number of fused-ring (bicyclic) bond motifs is 1. The van der Waals surface area contributed by atoms with Crippen molar-refractivity contribution >= 4 is 28.7 Å². The van der Waals surface area contributed by atoms with E-state index in [-0.39, 0.29) is 17.3 Å². The molecular weight excluding hydrogens is 376 g/mol. The van der Waals surface area contributed by atoms with Crippen LogP contribution in [-0.4, -0.2) is 40.3 Å². The van der Waals surface area contributed by atoms with E-state index in [0.717, 1.165) is 32.1 Å². The standard InChI is InChI=1S/C20H24N4O5/c1-2-3-6-11-24-18(26)15-8-5-4-7-14(15)17(23-24)19(27)29-12-16(25)22-20(28)21-13-9-10-13/h4-5,7-8,13H,2-3,6,9-12H2,1H3,(H2,21,22,25,28). The van der Waals surface area contributed by atoms with Crippen molar-refractivity contribution in [2.75, 3.05) is 6.61 Å². The van der Waals surface area contributed by atoms with Gasteiger partial charge >= 0.3 is 12.0 Å². The highest BCUT2D eigenvalue weighted by Crippen LogP contribution is 2.18. The number of esters is 1. The first-order valence-electron chi connectivity index (χ1n) is 9.77. The van der Waals surface area contributed by atoms with E-state index in [4.69, 9.17) is 4.74 Å². The highest BCUT2D eigenvalue weighted by Gasteiger charge is 2.24. The second kappa shape index (κ2) is 9.31. The lowest BCUT2D eigenvalue weighted by Crippen LogP contribution is -2.42. The largest absolute Gasteiger partial charge is 0.451 e. The third-order valence-corrected chi connectivity index (χ3v) is 4.53. The summed E-state index contributed by atoms with van der Waals surface area (Å²) in [6.45, 7) is 1.82. The molecule has 0 bridgehead atoms. The van der Waals surface area contributed by atoms with Crippen LogP contribution in [-0.2, 0) is 16.1 Å². The van der Waals surface area contributed by atoms with Crippen LogP contribution >= 0.6 is 0 Å². The monoisotopic (exact) mass is 400 g/mol. The van der Waals surface area contributed by atoms with Gasteiger partial charge in [0.25, 0.3) is 11.5 Å². The Morgan fingerprint density at radius 3 is 2.59 bits per heavy atom. The number of hydrogen-bond acceptors (Lipinski definition) is 6. The van der Waals surface area contributed by atoms with E-state index in [9.17, 15) is 19.2 Å². The molecule has 9 nitrogen and oxygen atoms in total. The summed E-state index contributed by atoms with van der Waals surface area (Å²) in [5, 5.41) is 9.61. The molecule has 0 spiro atoms. The number of carbonyl (C=O) groups is 3. The molecule has 0 radical (unpaired) electrons. The lowest BCUT2D eigenvalue weighted by Gasteiger charge is -2.11. The number of rotatable bonds is 8. The molecule has 1 fully saturated rings. The van der Waals surface area contributed by atoms with Gasteiger partial charge in [-0.2, -0.15) is 5.10 Å². The molecule has 2 N–H and O–H groups in total. The molecule has 0 saturated heterocycles. The van der Waals surface area contributed by atoms with Gasteiger partial charge in [0, 0.05) is 18.0 Å². The summed E-state index contributed by atoms with van der Waals surface area (Å²) in [6, 6.07) is 6.13. The van der Waals surface area contributed by atoms with Crippen molar-refractivity contribution in [1.29, 1.82) is 0 Å². The van der Waals surface area contributed by atoms with E-state index in [1.807, 2.05) is 0 Å². The Labute approximate surface area is 167 Å². The molecule has 3 rings (SSSR count). The molecule has 154 valence electrons. The van der Waals surface area contributed by atoms with E-state index in [2.05, 4.69) is 22.7 Å². The number of amides is 3. The minimum Gasteiger partial charge on any atom is -0.451 e. The maximum absolute atomic E-state index is 12.6. The second-order valence-electron chi connectivity index (χ2n) is 7.00. The molecule has 3 amide bonds. The molecule has 2 aromatic rings. The van der Waals surface area contributed by atoms with Crippen LogP contribution in [0.25, 0.3) is 10.8 Å². The molecule has 0 atom stereocenters. The zero-order valence-corrected chi connectivity index (χ0v) is 16.3. The molecule has 29 heavy (non-hydrogen) atoms. The number of urea groups is 1. The van der Waals surface area contributed by atoms with Gasteiger partial charge in [0.15, 0.2) is 12.3 Å². The van der Waals surface area contributed by atoms with Crippen LogP contribution in [0.15, 0.2) is 29.1 Å². The Balaban J connectivity index is 1.72. The van der Waals surface area contributed by atoms with Crippen molar-refractivity contribution in [2.24, 2.45) is 0 Å². The van der Waals surface area contributed by atoms with Crippen LogP contribution < -0.4 is 16.2 Å². The molecular formula is C20H24N4O5. The molecule has 1 aromatic heterocycles. The lowest BCUT2D eigenvalue weighted by atomic mass is 10.1. The Kier molecular flexibility index (Phi) is 6.58. The molecule has 1 heterocycles. The van der Waals surface area contributed by atoms with Crippen molar-refractivity contribution in [2.45, 2.75) is 51.6 Å². The Hall–Kier alpha value is -3.23. The van der Waals surface area contributed by atoms with Crippen molar-refractivity contribution in [3.05, 3.63) is 40.3 Å². The number of benzene rings is 1. The van der Waals surface area contributed by atoms with Crippen molar-refractivity contribution in [3.8, 4) is 0 Å². The van der Waals surface area contributed by atoms with Gasteiger partial charge in [-0.25, -0.2) is 14.3 Å². The molecule has 0 unspecified atom stereocenters. The topological polar surface area (TPSA) is 119 Å². The average molecular weight is 400 g/mol. The number of ether oxygens (including phenoxy) is 1. The SMILES string of the molecule is CCCCCn1nc(C(=O)OCC(=O)NC(=O)NC2CC2)c2ccccc2c1=O. The van der Waals surface area contributed by atoms with Gasteiger partial charge in [0.05, 0.1) is 5.39 Å². The number of unbranched alkanes of at least 4 members (excludes halogenated alkanes) is 2. The number of hydrogen-bond donors (Lipinski definition) is 2. The molecule has 1 aliphatic carbocycles. The van der Waals surface area contributed by atoms with Gasteiger partial charge in [-0.3, -0.25) is 14.9 Å². The number of carbonyl (C=O) groups excluding carboxylic acids is 3. The van der Waals surface area contributed by atoms with Crippen LogP contribution in [0.3, 0.4) is 0 Å². The van der Waals surface area contributed by atoms with E-state index in [1.54, 1.807) is 24.3 Å². The molecule has 1 aliphatic rings. The quantitative estimate of drug-likeness (QED) is 0.514. The molecule has 1 aromatic carbocycles. The maximum Gasteiger partial charge on any atom is 0.359 e. The summed E-state index contributed by atoms with van der Waals surface area (Å²) < 4.78 is 6.29. The maximum atomic E-state index is 12.6. The minimum absolute atomic E-state index is 0.0352. The number of imide groups is 1. The third kappa shape index (κ3) is 5.40. The number of aryl methyl sites for hydroxylation is 1. The van der Waals surface area contributed by atoms with Gasteiger partial charge in [0.2, 0.25) is 0 Å². The van der Waals surface area contributed by atoms with E-state index in [1.165, 1.54) is 4.68 Å². The Morgan fingerprint density at radius 1 is 1.17 bits per heavy atom. The van der Waals surface area contributed by atoms with Crippen LogP contribution in [0.2, 0.25) is 0 Å². The minimum atomic E-state index is -0.830. The molecule has 1 saturated carbocycles. The summed E-state index contributed by atoms with van der Waals surface area (Å²) in [7, 11) is 0. The van der Waals surface area contributed by atoms with Gasteiger partial charge in [-0.15, -0.1) is 0 Å². The summed E-state index contributed by atoms with van der Waals surface area (Å²) in [5.41, 5.74) is -0.310. The lowest BCUT2D eigenvalue weighted by molar-refractivity contribution is -0.123. The average Bonchev–Trinajstić information content (AvgIpc) is 3.52. The summed E-state index contributed by atoms with van der Waals surface area (Å²) >= 11 is 0. The third-order valence-electron chi connectivity index (χ3n) is 4.53. The van der Waals surface area contributed by atoms with Crippen LogP contribution in [0, 0.1) is 0 Å². The van der Waals surface area contributed by atoms with E-state index in [0.29, 0.717) is 17.3 Å². The van der Waals surface area contributed by atoms with Gasteiger partial charge in [-0.1, -0.05) is 38.0 Å². The van der Waals surface area contributed by atoms with E-state index >= 15 is 0 Å². The van der Waals surface area contributed by atoms with Crippen molar-refractivity contribution in [3.63, 3.8) is 0 Å². The predicted octanol–water partition coefficient (Wildman–Crippen LogP) is 1.73. The summed E-state index contributed by atoms with van der Waals surface area (Å²) in [5.74, 6) is -1.57. The summed E-state index contributed by atoms with van der Waals surface area (Å²) in [6.07, 6.45) is 4.46. The zero-order valence-electron chi connectivity index (χ0n) is 16.3. The number of aromatic nitrogens is 2. The van der Waals surface area contributed by atoms with E-state index < -0.39 is 24.5 Å². The first-order valence-corrected chi connectivity index (χ1v) is 9.77. The fourth-order valence-electron chi connectivity index (χ4n) is 2.86. The normalized spacial score (nSPS) is 13.1. The smallest absolute Gasteiger partial charge is 0.359 e.